The van der Waals surface area contributed by atoms with E-state index in [1.165, 1.54) is 10.8 Å². The monoisotopic (exact) mass is 495 g/mol. The molecule has 0 unspecified atom stereocenters. The smallest absolute Gasteiger partial charge is 0.274 e. The Hall–Kier alpha value is -2.94. The molecule has 0 aliphatic carbocycles. The molecular weight excluding hydrogens is 468 g/mol. The number of rotatable bonds is 8. The summed E-state index contributed by atoms with van der Waals surface area (Å²) in [4.78, 5) is 40.4. The Kier molecular flexibility index (Phi) is 7.97. The molecule has 1 aromatic heterocycles. The Morgan fingerprint density at radius 1 is 1.26 bits per heavy atom. The number of benzene rings is 1. The van der Waals surface area contributed by atoms with Crippen molar-refractivity contribution in [3.63, 3.8) is 0 Å². The quantitative estimate of drug-likeness (QED) is 0.531. The van der Waals surface area contributed by atoms with Crippen LogP contribution in [0.5, 0.6) is 5.75 Å². The summed E-state index contributed by atoms with van der Waals surface area (Å²) >= 11 is 5.57. The second-order valence-electron chi connectivity index (χ2n) is 8.53. The third-order valence-electron chi connectivity index (χ3n) is 6.13. The number of amides is 2. The van der Waals surface area contributed by atoms with Gasteiger partial charge in [0, 0.05) is 30.9 Å². The molecule has 0 fully saturated rings. The summed E-state index contributed by atoms with van der Waals surface area (Å²) in [6.07, 6.45) is 4.38. The van der Waals surface area contributed by atoms with Gasteiger partial charge < -0.3 is 19.9 Å². The Labute approximate surface area is 201 Å². The first-order valence-corrected chi connectivity index (χ1v) is 11.7. The second-order valence-corrected chi connectivity index (χ2v) is 8.91. The molecule has 0 bridgehead atoms. The molecule has 1 aromatic carbocycles. The van der Waals surface area contributed by atoms with Gasteiger partial charge in [0.25, 0.3) is 11.8 Å². The lowest BCUT2D eigenvalue weighted by Gasteiger charge is -2.39. The Bertz CT molecular complexity index is 1170. The number of halogens is 3. The van der Waals surface area contributed by atoms with E-state index in [1.54, 1.807) is 4.90 Å². The minimum absolute atomic E-state index is 0.0679. The fraction of sp³-hybridized carbons (Fsp3) is 0.458. The molecule has 2 aromatic rings. The van der Waals surface area contributed by atoms with Gasteiger partial charge in [-0.05, 0) is 25.8 Å². The minimum Gasteiger partial charge on any atom is -0.503 e. The summed E-state index contributed by atoms with van der Waals surface area (Å²) in [5, 5.41) is 12.4. The predicted molar refractivity (Wildman–Crippen MR) is 124 cm³/mol. The summed E-state index contributed by atoms with van der Waals surface area (Å²) < 4.78 is 29.0. The number of pyridine rings is 1. The predicted octanol–water partition coefficient (Wildman–Crippen LogP) is 4.40. The van der Waals surface area contributed by atoms with Crippen LogP contribution in [0, 0.1) is 11.6 Å². The summed E-state index contributed by atoms with van der Waals surface area (Å²) in [6.45, 7) is 5.96. The van der Waals surface area contributed by atoms with E-state index in [-0.39, 0.29) is 35.4 Å². The molecule has 0 saturated heterocycles. The summed E-state index contributed by atoms with van der Waals surface area (Å²) in [5.41, 5.74) is -1.57. The number of hydrogen-bond acceptors (Lipinski definition) is 4. The van der Waals surface area contributed by atoms with Gasteiger partial charge in [-0.15, -0.1) is 0 Å². The van der Waals surface area contributed by atoms with Gasteiger partial charge in [0.1, 0.15) is 22.2 Å². The van der Waals surface area contributed by atoms with Crippen molar-refractivity contribution in [3.8, 4) is 5.75 Å². The van der Waals surface area contributed by atoms with Crippen LogP contribution >= 0.6 is 11.6 Å². The zero-order chi connectivity index (χ0) is 25.2. The molecular formula is C24H28ClF2N3O4. The SMILES string of the molecule is CCC[C@@H]1CN([C@@H](C)CCC)C(=O)c2c(O)c(=O)c(C(=O)NCc3ccc(F)c(Cl)c3F)cn21. The Balaban J connectivity index is 1.96. The maximum Gasteiger partial charge on any atom is 0.274 e. The molecule has 2 atom stereocenters. The van der Waals surface area contributed by atoms with Gasteiger partial charge in [-0.2, -0.15) is 0 Å². The molecule has 2 amide bonds. The van der Waals surface area contributed by atoms with E-state index in [1.807, 2.05) is 20.8 Å². The zero-order valence-corrected chi connectivity index (χ0v) is 20.1. The van der Waals surface area contributed by atoms with Gasteiger partial charge in [0.15, 0.2) is 11.4 Å². The maximum absolute atomic E-state index is 14.1. The van der Waals surface area contributed by atoms with Crippen LogP contribution in [0.2, 0.25) is 5.02 Å². The number of hydrogen-bond donors (Lipinski definition) is 2. The number of aromatic nitrogens is 1. The van der Waals surface area contributed by atoms with Crippen LogP contribution in [-0.2, 0) is 6.54 Å². The van der Waals surface area contributed by atoms with E-state index in [9.17, 15) is 28.3 Å². The largest absolute Gasteiger partial charge is 0.503 e. The normalized spacial score (nSPS) is 16.4. The van der Waals surface area contributed by atoms with Gasteiger partial charge in [-0.1, -0.05) is 44.4 Å². The highest BCUT2D eigenvalue weighted by Crippen LogP contribution is 2.31. The minimum atomic E-state index is -1.01. The van der Waals surface area contributed by atoms with Crippen LogP contribution in [0.25, 0.3) is 0 Å². The highest BCUT2D eigenvalue weighted by molar-refractivity contribution is 6.30. The van der Waals surface area contributed by atoms with E-state index >= 15 is 0 Å². The second kappa shape index (κ2) is 10.5. The van der Waals surface area contributed by atoms with Crippen LogP contribution in [0.4, 0.5) is 8.78 Å². The van der Waals surface area contributed by atoms with Crippen molar-refractivity contribution in [1.82, 2.24) is 14.8 Å². The Morgan fingerprint density at radius 2 is 1.97 bits per heavy atom. The Morgan fingerprint density at radius 3 is 2.62 bits per heavy atom. The van der Waals surface area contributed by atoms with Crippen LogP contribution in [-0.4, -0.2) is 39.0 Å². The first-order chi connectivity index (χ1) is 16.1. The molecule has 2 heterocycles. The summed E-state index contributed by atoms with van der Waals surface area (Å²) in [6, 6.07) is 1.80. The molecule has 1 aliphatic heterocycles. The fourth-order valence-electron chi connectivity index (χ4n) is 4.31. The van der Waals surface area contributed by atoms with Crippen molar-refractivity contribution in [2.75, 3.05) is 6.54 Å². The summed E-state index contributed by atoms with van der Waals surface area (Å²) in [7, 11) is 0. The molecule has 184 valence electrons. The molecule has 2 N–H and O–H groups in total. The third-order valence-corrected chi connectivity index (χ3v) is 6.48. The van der Waals surface area contributed by atoms with Crippen LogP contribution < -0.4 is 10.7 Å². The molecule has 1 aliphatic rings. The van der Waals surface area contributed by atoms with Crippen molar-refractivity contribution < 1.29 is 23.5 Å². The maximum atomic E-state index is 14.1. The van der Waals surface area contributed by atoms with Gasteiger partial charge in [0.2, 0.25) is 5.43 Å². The lowest BCUT2D eigenvalue weighted by Crippen LogP contribution is -2.48. The number of carbonyl (C=O) groups is 2. The molecule has 3 rings (SSSR count). The standard InChI is InChI=1S/C24H28ClF2N3O4/c1-4-6-13(3)29-11-15(7-5-2)30-12-16(21(31)22(32)20(30)24(29)34)23(33)28-10-14-8-9-17(26)18(25)19(14)27/h8-9,12-13,15,32H,4-7,10-11H2,1-3H3,(H,28,33)/t13-,15+/m0/s1. The molecule has 0 radical (unpaired) electrons. The van der Waals surface area contributed by atoms with Crippen molar-refractivity contribution >= 4 is 23.4 Å². The van der Waals surface area contributed by atoms with Gasteiger partial charge in [-0.25, -0.2) is 8.78 Å². The number of fused-ring (bicyclic) bond motifs is 1. The first-order valence-electron chi connectivity index (χ1n) is 11.3. The van der Waals surface area contributed by atoms with E-state index < -0.39 is 39.6 Å². The number of nitrogens with one attached hydrogen (secondary N) is 1. The van der Waals surface area contributed by atoms with E-state index in [0.717, 1.165) is 31.4 Å². The lowest BCUT2D eigenvalue weighted by atomic mass is 10.0. The van der Waals surface area contributed by atoms with Crippen molar-refractivity contribution in [2.45, 2.75) is 65.1 Å². The molecule has 7 nitrogen and oxygen atoms in total. The third kappa shape index (κ3) is 4.80. The average molecular weight is 496 g/mol. The van der Waals surface area contributed by atoms with Gasteiger partial charge in [0.05, 0.1) is 6.04 Å². The number of carbonyl (C=O) groups excluding carboxylic acids is 2. The van der Waals surface area contributed by atoms with Gasteiger partial charge in [-0.3, -0.25) is 14.4 Å². The molecule has 34 heavy (non-hydrogen) atoms. The number of nitrogens with zero attached hydrogens (tertiary/aromatic N) is 2. The molecule has 10 heteroatoms. The van der Waals surface area contributed by atoms with Crippen LogP contribution in [0.1, 0.15) is 78.9 Å². The lowest BCUT2D eigenvalue weighted by molar-refractivity contribution is 0.0563. The first kappa shape index (κ1) is 25.7. The van der Waals surface area contributed by atoms with E-state index in [2.05, 4.69) is 5.32 Å². The highest BCUT2D eigenvalue weighted by Gasteiger charge is 2.37. The van der Waals surface area contributed by atoms with Crippen molar-refractivity contribution in [2.24, 2.45) is 0 Å². The van der Waals surface area contributed by atoms with E-state index in [4.69, 9.17) is 11.6 Å². The van der Waals surface area contributed by atoms with Crippen molar-refractivity contribution in [3.05, 3.63) is 62.0 Å². The van der Waals surface area contributed by atoms with Crippen molar-refractivity contribution in [1.29, 1.82) is 0 Å². The number of aromatic hydroxyl groups is 1. The van der Waals surface area contributed by atoms with Gasteiger partial charge >= 0.3 is 0 Å². The van der Waals surface area contributed by atoms with Crippen LogP contribution in [0.3, 0.4) is 0 Å². The molecule has 0 spiro atoms. The van der Waals surface area contributed by atoms with Crippen LogP contribution in [0.15, 0.2) is 23.1 Å². The summed E-state index contributed by atoms with van der Waals surface area (Å²) in [5.74, 6) is -4.05. The fourth-order valence-corrected chi connectivity index (χ4v) is 4.49. The zero-order valence-electron chi connectivity index (χ0n) is 19.3. The average Bonchev–Trinajstić information content (AvgIpc) is 2.80. The van der Waals surface area contributed by atoms with E-state index in [0.29, 0.717) is 13.0 Å². The topological polar surface area (TPSA) is 91.6 Å². The highest BCUT2D eigenvalue weighted by atomic mass is 35.5. The molecule has 0 saturated carbocycles.